The number of hydrogen-bond donors (Lipinski definition) is 1. The largest absolute Gasteiger partial charge is 0.313 e. The molecule has 3 heteroatoms. The number of aromatic nitrogens is 2. The van der Waals surface area contributed by atoms with Gasteiger partial charge in [0.25, 0.3) is 0 Å². The van der Waals surface area contributed by atoms with Crippen LogP contribution in [0.1, 0.15) is 32.3 Å². The number of nitrogens with zero attached hydrogens (tertiary/aromatic N) is 2. The van der Waals surface area contributed by atoms with Crippen molar-refractivity contribution in [2.24, 2.45) is 5.92 Å². The van der Waals surface area contributed by atoms with Crippen LogP contribution in [-0.4, -0.2) is 16.3 Å². The van der Waals surface area contributed by atoms with Crippen molar-refractivity contribution in [2.45, 2.75) is 33.2 Å². The van der Waals surface area contributed by atoms with Gasteiger partial charge in [-0.3, -0.25) is 0 Å². The van der Waals surface area contributed by atoms with Crippen molar-refractivity contribution in [2.75, 3.05) is 6.54 Å². The van der Waals surface area contributed by atoms with Crippen molar-refractivity contribution in [1.29, 1.82) is 0 Å². The first-order valence-electron chi connectivity index (χ1n) is 7.06. The highest BCUT2D eigenvalue weighted by Gasteiger charge is 2.03. The highest BCUT2D eigenvalue weighted by atomic mass is 15.3. The van der Waals surface area contributed by atoms with E-state index in [1.165, 1.54) is 18.4 Å². The fraction of sp³-hybridized carbons (Fsp3) is 0.438. The van der Waals surface area contributed by atoms with Gasteiger partial charge in [-0.25, -0.2) is 4.68 Å². The fourth-order valence-corrected chi connectivity index (χ4v) is 2.15. The zero-order valence-electron chi connectivity index (χ0n) is 11.8. The van der Waals surface area contributed by atoms with E-state index in [9.17, 15) is 0 Å². The second-order valence-electron chi connectivity index (χ2n) is 5.29. The number of rotatable bonds is 7. The third-order valence-corrected chi connectivity index (χ3v) is 3.19. The molecule has 1 aromatic heterocycles. The summed E-state index contributed by atoms with van der Waals surface area (Å²) in [5, 5.41) is 7.82. The van der Waals surface area contributed by atoms with Crippen LogP contribution in [-0.2, 0) is 6.54 Å². The molecule has 0 fully saturated rings. The third kappa shape index (κ3) is 4.21. The minimum atomic E-state index is 0.790. The molecule has 0 unspecified atom stereocenters. The Morgan fingerprint density at radius 2 is 2.05 bits per heavy atom. The smallest absolute Gasteiger partial charge is 0.0690 e. The molecule has 2 aromatic rings. The first-order chi connectivity index (χ1) is 9.27. The van der Waals surface area contributed by atoms with Gasteiger partial charge in [-0.1, -0.05) is 32.0 Å². The van der Waals surface area contributed by atoms with Crippen LogP contribution in [0.15, 0.2) is 42.7 Å². The van der Waals surface area contributed by atoms with E-state index in [1.807, 2.05) is 23.1 Å². The topological polar surface area (TPSA) is 29.9 Å². The third-order valence-electron chi connectivity index (χ3n) is 3.19. The second-order valence-corrected chi connectivity index (χ2v) is 5.29. The monoisotopic (exact) mass is 257 g/mol. The molecular formula is C16H23N3. The molecule has 1 heterocycles. The molecule has 0 spiro atoms. The lowest BCUT2D eigenvalue weighted by Crippen LogP contribution is -2.16. The Balaban J connectivity index is 1.90. The van der Waals surface area contributed by atoms with Crippen LogP contribution in [0.4, 0.5) is 0 Å². The molecule has 0 bridgehead atoms. The van der Waals surface area contributed by atoms with Crippen molar-refractivity contribution in [3.8, 4) is 5.69 Å². The summed E-state index contributed by atoms with van der Waals surface area (Å²) in [4.78, 5) is 0. The summed E-state index contributed by atoms with van der Waals surface area (Å²) in [6.07, 6.45) is 6.32. The standard InChI is InChI=1S/C16H23N3/c1-14(2)7-5-10-17-13-15-8-3-4-9-16(15)19-12-6-11-18-19/h3-4,6,8-9,11-12,14,17H,5,7,10,13H2,1-2H3. The summed E-state index contributed by atoms with van der Waals surface area (Å²) in [5.41, 5.74) is 2.44. The molecule has 0 aliphatic rings. The lowest BCUT2D eigenvalue weighted by molar-refractivity contribution is 0.527. The van der Waals surface area contributed by atoms with Gasteiger partial charge >= 0.3 is 0 Å². The molecular weight excluding hydrogens is 234 g/mol. The fourth-order valence-electron chi connectivity index (χ4n) is 2.15. The van der Waals surface area contributed by atoms with Gasteiger partial charge in [-0.2, -0.15) is 5.10 Å². The summed E-state index contributed by atoms with van der Waals surface area (Å²) in [7, 11) is 0. The second kappa shape index (κ2) is 7.10. The average molecular weight is 257 g/mol. The molecule has 0 aliphatic carbocycles. The molecule has 1 N–H and O–H groups in total. The number of nitrogens with one attached hydrogen (secondary N) is 1. The Hall–Kier alpha value is -1.61. The quantitative estimate of drug-likeness (QED) is 0.770. The van der Waals surface area contributed by atoms with E-state index in [0.29, 0.717) is 0 Å². The highest BCUT2D eigenvalue weighted by molar-refractivity contribution is 5.40. The Kier molecular flexibility index (Phi) is 5.16. The van der Waals surface area contributed by atoms with Crippen molar-refractivity contribution >= 4 is 0 Å². The first-order valence-corrected chi connectivity index (χ1v) is 7.06. The molecule has 0 radical (unpaired) electrons. The average Bonchev–Trinajstić information content (AvgIpc) is 2.92. The zero-order valence-corrected chi connectivity index (χ0v) is 11.8. The van der Waals surface area contributed by atoms with E-state index in [-0.39, 0.29) is 0 Å². The van der Waals surface area contributed by atoms with Crippen molar-refractivity contribution in [3.05, 3.63) is 48.3 Å². The maximum absolute atomic E-state index is 4.30. The normalized spacial score (nSPS) is 11.1. The van der Waals surface area contributed by atoms with Gasteiger partial charge in [0.2, 0.25) is 0 Å². The Morgan fingerprint density at radius 1 is 1.21 bits per heavy atom. The summed E-state index contributed by atoms with van der Waals surface area (Å²) in [5.74, 6) is 0.790. The van der Waals surface area contributed by atoms with E-state index in [0.717, 1.165) is 24.7 Å². The van der Waals surface area contributed by atoms with E-state index >= 15 is 0 Å². The lowest BCUT2D eigenvalue weighted by Gasteiger charge is -2.11. The molecule has 0 amide bonds. The van der Waals surface area contributed by atoms with Crippen molar-refractivity contribution < 1.29 is 0 Å². The maximum Gasteiger partial charge on any atom is 0.0690 e. The predicted octanol–water partition coefficient (Wildman–Crippen LogP) is 3.40. The first kappa shape index (κ1) is 13.8. The van der Waals surface area contributed by atoms with Crippen LogP contribution in [0.5, 0.6) is 0 Å². The summed E-state index contributed by atoms with van der Waals surface area (Å²) in [6.45, 7) is 6.51. The Bertz CT molecular complexity index is 474. The van der Waals surface area contributed by atoms with Crippen LogP contribution in [0.25, 0.3) is 5.69 Å². The zero-order chi connectivity index (χ0) is 13.5. The number of para-hydroxylation sites is 1. The molecule has 3 nitrogen and oxygen atoms in total. The van der Waals surface area contributed by atoms with Gasteiger partial charge in [0, 0.05) is 18.9 Å². The Morgan fingerprint density at radius 3 is 2.79 bits per heavy atom. The minimum absolute atomic E-state index is 0.790. The van der Waals surface area contributed by atoms with E-state index in [4.69, 9.17) is 0 Å². The summed E-state index contributed by atoms with van der Waals surface area (Å²) >= 11 is 0. The van der Waals surface area contributed by atoms with Crippen LogP contribution in [0, 0.1) is 5.92 Å². The molecule has 1 aromatic carbocycles. The predicted molar refractivity (Wildman–Crippen MR) is 79.3 cm³/mol. The van der Waals surface area contributed by atoms with Crippen molar-refractivity contribution in [1.82, 2.24) is 15.1 Å². The molecule has 0 saturated carbocycles. The van der Waals surface area contributed by atoms with Crippen LogP contribution in [0.3, 0.4) is 0 Å². The lowest BCUT2D eigenvalue weighted by atomic mass is 10.1. The van der Waals surface area contributed by atoms with Gasteiger partial charge in [0.05, 0.1) is 5.69 Å². The van der Waals surface area contributed by atoms with E-state index in [1.54, 1.807) is 0 Å². The number of benzene rings is 1. The van der Waals surface area contributed by atoms with Gasteiger partial charge in [-0.15, -0.1) is 0 Å². The van der Waals surface area contributed by atoms with Crippen LogP contribution in [0.2, 0.25) is 0 Å². The van der Waals surface area contributed by atoms with Crippen molar-refractivity contribution in [3.63, 3.8) is 0 Å². The SMILES string of the molecule is CC(C)CCCNCc1ccccc1-n1cccn1. The van der Waals surface area contributed by atoms with E-state index in [2.05, 4.69) is 48.5 Å². The molecule has 102 valence electrons. The van der Waals surface area contributed by atoms with Gasteiger partial charge in [0.1, 0.15) is 0 Å². The Labute approximate surface area is 115 Å². The van der Waals surface area contributed by atoms with Crippen LogP contribution < -0.4 is 5.32 Å². The summed E-state index contributed by atoms with van der Waals surface area (Å²) in [6, 6.07) is 10.4. The van der Waals surface area contributed by atoms with Gasteiger partial charge < -0.3 is 5.32 Å². The molecule has 0 saturated heterocycles. The van der Waals surface area contributed by atoms with Gasteiger partial charge in [-0.05, 0) is 43.0 Å². The van der Waals surface area contributed by atoms with Crippen LogP contribution >= 0.6 is 0 Å². The van der Waals surface area contributed by atoms with Gasteiger partial charge in [0.15, 0.2) is 0 Å². The molecule has 0 atom stereocenters. The highest BCUT2D eigenvalue weighted by Crippen LogP contribution is 2.13. The molecule has 0 aliphatic heterocycles. The minimum Gasteiger partial charge on any atom is -0.313 e. The summed E-state index contributed by atoms with van der Waals surface area (Å²) < 4.78 is 1.92. The molecule has 2 rings (SSSR count). The number of hydrogen-bond acceptors (Lipinski definition) is 2. The van der Waals surface area contributed by atoms with E-state index < -0.39 is 0 Å². The molecule has 19 heavy (non-hydrogen) atoms. The maximum atomic E-state index is 4.30.